The van der Waals surface area contributed by atoms with Gasteiger partial charge in [-0.2, -0.15) is 0 Å². The van der Waals surface area contributed by atoms with Crippen LogP contribution >= 0.6 is 15.9 Å². The van der Waals surface area contributed by atoms with Crippen LogP contribution in [0.4, 0.5) is 0 Å². The van der Waals surface area contributed by atoms with Gasteiger partial charge in [-0.25, -0.2) is 0 Å². The molecule has 1 N–H and O–H groups in total. The Bertz CT molecular complexity index is 363. The molecule has 0 amide bonds. The van der Waals surface area contributed by atoms with Crippen molar-refractivity contribution < 1.29 is 4.42 Å². The van der Waals surface area contributed by atoms with E-state index in [0.29, 0.717) is 6.04 Å². The van der Waals surface area contributed by atoms with Gasteiger partial charge in [-0.1, -0.05) is 39.5 Å². The average Bonchev–Trinajstić information content (AvgIpc) is 2.82. The molecule has 1 heterocycles. The van der Waals surface area contributed by atoms with E-state index in [1.54, 1.807) is 6.26 Å². The van der Waals surface area contributed by atoms with Crippen LogP contribution < -0.4 is 5.32 Å². The monoisotopic (exact) mass is 313 g/mol. The summed E-state index contributed by atoms with van der Waals surface area (Å²) in [6, 6.07) is 2.55. The summed E-state index contributed by atoms with van der Waals surface area (Å²) in [4.78, 5) is 0. The van der Waals surface area contributed by atoms with E-state index in [9.17, 15) is 0 Å². The molecule has 0 saturated heterocycles. The highest BCUT2D eigenvalue weighted by molar-refractivity contribution is 9.10. The molecule has 0 spiro atoms. The fourth-order valence-electron chi connectivity index (χ4n) is 3.42. The lowest BCUT2D eigenvalue weighted by Crippen LogP contribution is -2.34. The van der Waals surface area contributed by atoms with Gasteiger partial charge in [0, 0.05) is 11.6 Å². The van der Waals surface area contributed by atoms with Gasteiger partial charge in [0.2, 0.25) is 0 Å². The molecule has 0 bridgehead atoms. The Morgan fingerprint density at radius 2 is 2.17 bits per heavy atom. The number of halogens is 1. The zero-order chi connectivity index (χ0) is 13.0. The van der Waals surface area contributed by atoms with Crippen LogP contribution in [-0.4, -0.2) is 6.54 Å². The van der Waals surface area contributed by atoms with E-state index < -0.39 is 0 Å². The second kappa shape index (κ2) is 6.76. The Hall–Kier alpha value is -0.280. The number of furan rings is 1. The van der Waals surface area contributed by atoms with E-state index in [1.807, 2.05) is 0 Å². The molecule has 2 nitrogen and oxygen atoms in total. The molecule has 0 radical (unpaired) electrons. The maximum absolute atomic E-state index is 5.43. The maximum Gasteiger partial charge on any atom is 0.173 e. The van der Waals surface area contributed by atoms with Crippen LogP contribution in [0.15, 0.2) is 21.4 Å². The molecule has 1 fully saturated rings. The smallest absolute Gasteiger partial charge is 0.173 e. The fourth-order valence-corrected chi connectivity index (χ4v) is 3.91. The number of nitrogens with one attached hydrogen (secondary N) is 1. The minimum absolute atomic E-state index is 0.438. The number of hydrogen-bond donors (Lipinski definition) is 1. The molecule has 3 unspecified atom stereocenters. The quantitative estimate of drug-likeness (QED) is 0.835. The SMILES string of the molecule is CCNC(c1ccoc1Br)C1CCCCC1CC. The molecule has 2 rings (SSSR count). The van der Waals surface area contributed by atoms with Crippen molar-refractivity contribution in [1.82, 2.24) is 5.32 Å². The molecule has 3 atom stereocenters. The van der Waals surface area contributed by atoms with Gasteiger partial charge >= 0.3 is 0 Å². The molecule has 18 heavy (non-hydrogen) atoms. The molecule has 0 aromatic carbocycles. The largest absolute Gasteiger partial charge is 0.457 e. The van der Waals surface area contributed by atoms with Gasteiger partial charge in [0.1, 0.15) is 0 Å². The van der Waals surface area contributed by atoms with Crippen LogP contribution in [-0.2, 0) is 0 Å². The topological polar surface area (TPSA) is 25.2 Å². The van der Waals surface area contributed by atoms with E-state index in [1.165, 1.54) is 37.7 Å². The number of rotatable bonds is 5. The van der Waals surface area contributed by atoms with Gasteiger partial charge in [-0.15, -0.1) is 0 Å². The zero-order valence-electron chi connectivity index (χ0n) is 11.4. The van der Waals surface area contributed by atoms with Gasteiger partial charge in [0.05, 0.1) is 6.26 Å². The summed E-state index contributed by atoms with van der Waals surface area (Å²) in [5, 5.41) is 3.67. The molecular formula is C15H24BrNO. The number of hydrogen-bond acceptors (Lipinski definition) is 2. The summed E-state index contributed by atoms with van der Waals surface area (Å²) in [6.45, 7) is 5.52. The first-order chi connectivity index (χ1) is 8.77. The lowest BCUT2D eigenvalue weighted by Gasteiger charge is -2.37. The predicted molar refractivity (Wildman–Crippen MR) is 78.6 cm³/mol. The highest BCUT2D eigenvalue weighted by Crippen LogP contribution is 2.42. The van der Waals surface area contributed by atoms with Crippen molar-refractivity contribution in [1.29, 1.82) is 0 Å². The fraction of sp³-hybridized carbons (Fsp3) is 0.733. The molecule has 3 heteroatoms. The highest BCUT2D eigenvalue weighted by Gasteiger charge is 2.32. The summed E-state index contributed by atoms with van der Waals surface area (Å²) in [7, 11) is 0. The minimum Gasteiger partial charge on any atom is -0.457 e. The zero-order valence-corrected chi connectivity index (χ0v) is 13.0. The summed E-state index contributed by atoms with van der Waals surface area (Å²) >= 11 is 3.54. The van der Waals surface area contributed by atoms with Crippen LogP contribution in [0.2, 0.25) is 0 Å². The second-order valence-electron chi connectivity index (χ2n) is 5.30. The Labute approximate surface area is 119 Å². The lowest BCUT2D eigenvalue weighted by atomic mass is 9.72. The second-order valence-corrected chi connectivity index (χ2v) is 6.02. The highest BCUT2D eigenvalue weighted by atomic mass is 79.9. The van der Waals surface area contributed by atoms with Crippen LogP contribution in [0.5, 0.6) is 0 Å². The van der Waals surface area contributed by atoms with Gasteiger partial charge in [0.15, 0.2) is 4.67 Å². The Kier molecular flexibility index (Phi) is 5.31. The van der Waals surface area contributed by atoms with E-state index in [0.717, 1.165) is 23.1 Å². The summed E-state index contributed by atoms with van der Waals surface area (Å²) in [5.41, 5.74) is 1.29. The molecular weight excluding hydrogens is 290 g/mol. The lowest BCUT2D eigenvalue weighted by molar-refractivity contribution is 0.175. The Balaban J connectivity index is 2.20. The van der Waals surface area contributed by atoms with Gasteiger partial charge in [0.25, 0.3) is 0 Å². The first kappa shape index (κ1) is 14.1. The average molecular weight is 314 g/mol. The third-order valence-corrected chi connectivity index (χ3v) is 4.97. The van der Waals surface area contributed by atoms with Crippen molar-refractivity contribution in [2.75, 3.05) is 6.54 Å². The first-order valence-corrected chi connectivity index (χ1v) is 8.03. The summed E-state index contributed by atoms with van der Waals surface area (Å²) in [6.07, 6.45) is 8.58. The van der Waals surface area contributed by atoms with Crippen molar-refractivity contribution in [3.63, 3.8) is 0 Å². The third kappa shape index (κ3) is 3.00. The standard InChI is InChI=1S/C15H24BrNO/c1-3-11-7-5-6-8-12(11)14(17-4-2)13-9-10-18-15(13)16/h9-12,14,17H,3-8H2,1-2H3. The van der Waals surface area contributed by atoms with Crippen molar-refractivity contribution in [3.8, 4) is 0 Å². The van der Waals surface area contributed by atoms with E-state index >= 15 is 0 Å². The molecule has 1 aromatic rings. The minimum atomic E-state index is 0.438. The van der Waals surface area contributed by atoms with E-state index in [4.69, 9.17) is 4.42 Å². The van der Waals surface area contributed by atoms with Crippen LogP contribution in [0.25, 0.3) is 0 Å². The van der Waals surface area contributed by atoms with Crippen molar-refractivity contribution in [2.45, 2.75) is 52.0 Å². The Morgan fingerprint density at radius 1 is 1.39 bits per heavy atom. The summed E-state index contributed by atoms with van der Waals surface area (Å²) in [5.74, 6) is 1.60. The molecule has 102 valence electrons. The van der Waals surface area contributed by atoms with Crippen molar-refractivity contribution in [3.05, 3.63) is 22.6 Å². The van der Waals surface area contributed by atoms with Crippen LogP contribution in [0.1, 0.15) is 57.6 Å². The summed E-state index contributed by atoms with van der Waals surface area (Å²) < 4.78 is 6.33. The molecule has 1 aliphatic rings. The predicted octanol–water partition coefficient (Wildman–Crippen LogP) is 4.91. The van der Waals surface area contributed by atoms with Crippen LogP contribution in [0.3, 0.4) is 0 Å². The van der Waals surface area contributed by atoms with Crippen molar-refractivity contribution >= 4 is 15.9 Å². The van der Waals surface area contributed by atoms with Gasteiger partial charge in [-0.05, 0) is 46.8 Å². The molecule has 1 aromatic heterocycles. The normalized spacial score (nSPS) is 26.2. The Morgan fingerprint density at radius 3 is 2.78 bits per heavy atom. The third-order valence-electron chi connectivity index (χ3n) is 4.33. The van der Waals surface area contributed by atoms with E-state index in [2.05, 4.69) is 41.2 Å². The van der Waals surface area contributed by atoms with Gasteiger partial charge < -0.3 is 9.73 Å². The molecule has 1 saturated carbocycles. The first-order valence-electron chi connectivity index (χ1n) is 7.24. The maximum atomic E-state index is 5.43. The van der Waals surface area contributed by atoms with Crippen molar-refractivity contribution in [2.24, 2.45) is 11.8 Å². The molecule has 0 aliphatic heterocycles. The van der Waals surface area contributed by atoms with E-state index in [-0.39, 0.29) is 0 Å². The van der Waals surface area contributed by atoms with Crippen LogP contribution in [0, 0.1) is 11.8 Å². The molecule has 1 aliphatic carbocycles. The van der Waals surface area contributed by atoms with Gasteiger partial charge in [-0.3, -0.25) is 0 Å².